The molecule has 112 valence electrons. The van der Waals surface area contributed by atoms with E-state index in [9.17, 15) is 9.18 Å². The Bertz CT molecular complexity index is 718. The van der Waals surface area contributed by atoms with E-state index in [0.717, 1.165) is 5.00 Å². The summed E-state index contributed by atoms with van der Waals surface area (Å²) >= 11 is 10.3. The van der Waals surface area contributed by atoms with Gasteiger partial charge in [-0.2, -0.15) is 4.37 Å². The quantitative estimate of drug-likeness (QED) is 0.750. The third kappa shape index (κ3) is 2.56. The third-order valence-electron chi connectivity index (χ3n) is 3.43. The van der Waals surface area contributed by atoms with Crippen LogP contribution < -0.4 is 4.90 Å². The number of aromatic nitrogens is 1. The number of piperazine rings is 1. The van der Waals surface area contributed by atoms with Gasteiger partial charge in [-0.1, -0.05) is 11.6 Å². The molecule has 21 heavy (non-hydrogen) atoms. The number of nitrogens with zero attached hydrogens (tertiary/aromatic N) is 3. The summed E-state index contributed by atoms with van der Waals surface area (Å²) in [6.07, 6.45) is -0.915. The molecule has 2 heterocycles. The number of carbonyl (C=O) groups is 1. The number of hydrogen-bond donors (Lipinski definition) is 1. The fourth-order valence-electron chi connectivity index (χ4n) is 2.30. The maximum absolute atomic E-state index is 14.1. The maximum Gasteiger partial charge on any atom is 0.407 e. The third-order valence-corrected chi connectivity index (χ3v) is 5.65. The molecule has 1 fully saturated rings. The average molecular weight is 395 g/mol. The van der Waals surface area contributed by atoms with Gasteiger partial charge in [-0.3, -0.25) is 0 Å². The molecule has 1 saturated heterocycles. The Kier molecular flexibility index (Phi) is 3.94. The highest BCUT2D eigenvalue weighted by molar-refractivity contribution is 9.10. The van der Waals surface area contributed by atoms with Crippen molar-refractivity contribution < 1.29 is 14.3 Å². The number of rotatable bonds is 1. The Morgan fingerprint density at radius 2 is 2.10 bits per heavy atom. The van der Waals surface area contributed by atoms with Crippen molar-refractivity contribution in [2.24, 2.45) is 0 Å². The van der Waals surface area contributed by atoms with Crippen LogP contribution in [0.25, 0.3) is 10.9 Å². The van der Waals surface area contributed by atoms with Crippen LogP contribution in [0.2, 0.25) is 5.02 Å². The molecule has 0 atom stereocenters. The lowest BCUT2D eigenvalue weighted by atomic mass is 10.2. The van der Waals surface area contributed by atoms with Crippen LogP contribution in [-0.2, 0) is 0 Å². The fraction of sp³-hybridized carbons (Fsp3) is 0.333. The molecule has 0 bridgehead atoms. The van der Waals surface area contributed by atoms with Crippen LogP contribution in [0, 0.1) is 5.82 Å². The molecule has 1 aliphatic heterocycles. The number of halogens is 3. The first-order chi connectivity index (χ1) is 9.99. The van der Waals surface area contributed by atoms with Crippen LogP contribution in [0.15, 0.2) is 10.5 Å². The molecule has 0 aliphatic carbocycles. The summed E-state index contributed by atoms with van der Waals surface area (Å²) in [5.74, 6) is -0.468. The molecule has 1 N–H and O–H groups in total. The standard InChI is InChI=1S/C12H10BrClFN3O2S/c13-8-7(14)5-6-10(9(8)15)16-21-11(6)17-1-3-18(4-2-17)12(19)20/h5H,1-4H2,(H,19,20). The first kappa shape index (κ1) is 14.8. The molecule has 1 amide bonds. The summed E-state index contributed by atoms with van der Waals surface area (Å²) in [5.41, 5.74) is 0.284. The van der Waals surface area contributed by atoms with Gasteiger partial charge in [-0.25, -0.2) is 9.18 Å². The molecule has 0 spiro atoms. The van der Waals surface area contributed by atoms with Crippen LogP contribution in [0.5, 0.6) is 0 Å². The van der Waals surface area contributed by atoms with E-state index in [1.54, 1.807) is 6.07 Å². The molecule has 3 rings (SSSR count). The van der Waals surface area contributed by atoms with Crippen molar-refractivity contribution in [1.82, 2.24) is 9.27 Å². The SMILES string of the molecule is O=C(O)N1CCN(c2snc3c(F)c(Br)c(Cl)cc23)CC1. The Morgan fingerprint density at radius 3 is 2.71 bits per heavy atom. The minimum atomic E-state index is -0.915. The number of benzene rings is 1. The van der Waals surface area contributed by atoms with Gasteiger partial charge in [-0.15, -0.1) is 0 Å². The largest absolute Gasteiger partial charge is 0.465 e. The fourth-order valence-corrected chi connectivity index (χ4v) is 3.71. The van der Waals surface area contributed by atoms with Crippen LogP contribution in [0.1, 0.15) is 0 Å². The van der Waals surface area contributed by atoms with E-state index in [1.807, 2.05) is 4.90 Å². The first-order valence-electron chi connectivity index (χ1n) is 6.14. The van der Waals surface area contributed by atoms with E-state index in [2.05, 4.69) is 20.3 Å². The molecule has 1 aromatic carbocycles. The van der Waals surface area contributed by atoms with Crippen molar-refractivity contribution >= 4 is 61.1 Å². The Labute approximate surface area is 137 Å². The zero-order valence-corrected chi connectivity index (χ0v) is 13.8. The van der Waals surface area contributed by atoms with Crippen molar-refractivity contribution in [2.45, 2.75) is 0 Å². The highest BCUT2D eigenvalue weighted by atomic mass is 79.9. The minimum Gasteiger partial charge on any atom is -0.465 e. The molecule has 0 radical (unpaired) electrons. The summed E-state index contributed by atoms with van der Waals surface area (Å²) in [5, 5.41) is 10.7. The van der Waals surface area contributed by atoms with Crippen molar-refractivity contribution in [3.63, 3.8) is 0 Å². The molecule has 5 nitrogen and oxygen atoms in total. The minimum absolute atomic E-state index is 0.212. The molecule has 0 unspecified atom stereocenters. The summed E-state index contributed by atoms with van der Waals surface area (Å²) in [6, 6.07) is 1.69. The molecule has 1 aromatic heterocycles. The van der Waals surface area contributed by atoms with Gasteiger partial charge in [0.05, 0.1) is 9.50 Å². The van der Waals surface area contributed by atoms with Crippen LogP contribution >= 0.6 is 39.1 Å². The van der Waals surface area contributed by atoms with Crippen LogP contribution in [-0.4, -0.2) is 46.7 Å². The lowest BCUT2D eigenvalue weighted by Crippen LogP contribution is -2.48. The second kappa shape index (κ2) is 5.58. The molecular weight excluding hydrogens is 385 g/mol. The zero-order chi connectivity index (χ0) is 15.1. The number of fused-ring (bicyclic) bond motifs is 1. The summed E-state index contributed by atoms with van der Waals surface area (Å²) in [4.78, 5) is 14.3. The van der Waals surface area contributed by atoms with Crippen molar-refractivity contribution in [1.29, 1.82) is 0 Å². The molecule has 9 heteroatoms. The van der Waals surface area contributed by atoms with Gasteiger partial charge in [0.15, 0.2) is 5.82 Å². The van der Waals surface area contributed by atoms with Crippen molar-refractivity contribution in [3.8, 4) is 0 Å². The van der Waals surface area contributed by atoms with E-state index < -0.39 is 11.9 Å². The van der Waals surface area contributed by atoms with E-state index in [4.69, 9.17) is 16.7 Å². The molecular formula is C12H10BrClFN3O2S. The predicted molar refractivity (Wildman–Crippen MR) is 84.1 cm³/mol. The smallest absolute Gasteiger partial charge is 0.407 e. The van der Waals surface area contributed by atoms with E-state index in [-0.39, 0.29) is 9.99 Å². The van der Waals surface area contributed by atoms with Crippen LogP contribution in [0.4, 0.5) is 14.2 Å². The van der Waals surface area contributed by atoms with Gasteiger partial charge in [-0.05, 0) is 33.5 Å². The average Bonchev–Trinajstić information content (AvgIpc) is 2.88. The highest BCUT2D eigenvalue weighted by Crippen LogP contribution is 2.39. The van der Waals surface area contributed by atoms with Gasteiger partial charge < -0.3 is 14.9 Å². The number of hydrogen-bond acceptors (Lipinski definition) is 4. The maximum atomic E-state index is 14.1. The molecule has 2 aromatic rings. The molecule has 1 aliphatic rings. The first-order valence-corrected chi connectivity index (χ1v) is 8.09. The van der Waals surface area contributed by atoms with Gasteiger partial charge in [0.1, 0.15) is 10.5 Å². The number of anilines is 1. The Morgan fingerprint density at radius 1 is 1.43 bits per heavy atom. The monoisotopic (exact) mass is 393 g/mol. The second-order valence-corrected chi connectivity index (χ2v) is 6.58. The lowest BCUT2D eigenvalue weighted by molar-refractivity contribution is 0.142. The van der Waals surface area contributed by atoms with E-state index in [1.165, 1.54) is 16.4 Å². The highest BCUT2D eigenvalue weighted by Gasteiger charge is 2.24. The Hall–Kier alpha value is -1.12. The van der Waals surface area contributed by atoms with E-state index >= 15 is 0 Å². The van der Waals surface area contributed by atoms with Crippen molar-refractivity contribution in [2.75, 3.05) is 31.1 Å². The summed E-state index contributed by atoms with van der Waals surface area (Å²) in [6.45, 7) is 1.95. The van der Waals surface area contributed by atoms with Crippen LogP contribution in [0.3, 0.4) is 0 Å². The normalized spacial score (nSPS) is 15.8. The van der Waals surface area contributed by atoms with Gasteiger partial charge in [0.2, 0.25) is 0 Å². The zero-order valence-electron chi connectivity index (χ0n) is 10.6. The van der Waals surface area contributed by atoms with E-state index in [0.29, 0.717) is 36.6 Å². The predicted octanol–water partition coefficient (Wildman–Crippen LogP) is 3.65. The number of amides is 1. The summed E-state index contributed by atoms with van der Waals surface area (Å²) < 4.78 is 18.5. The van der Waals surface area contributed by atoms with Gasteiger partial charge in [0.25, 0.3) is 0 Å². The van der Waals surface area contributed by atoms with Gasteiger partial charge in [0, 0.05) is 31.6 Å². The lowest BCUT2D eigenvalue weighted by Gasteiger charge is -2.33. The second-order valence-electron chi connectivity index (χ2n) is 4.63. The van der Waals surface area contributed by atoms with Crippen molar-refractivity contribution in [3.05, 3.63) is 21.4 Å². The molecule has 0 saturated carbocycles. The van der Waals surface area contributed by atoms with Gasteiger partial charge >= 0.3 is 6.09 Å². The number of carboxylic acid groups (broad SMARTS) is 1. The Balaban J connectivity index is 1.94. The summed E-state index contributed by atoms with van der Waals surface area (Å²) in [7, 11) is 0. The topological polar surface area (TPSA) is 56.7 Å².